The van der Waals surface area contributed by atoms with Crippen LogP contribution >= 0.6 is 0 Å². The summed E-state index contributed by atoms with van der Waals surface area (Å²) in [5.41, 5.74) is -0.105. The Kier molecular flexibility index (Phi) is 4.62. The number of rotatable bonds is 6. The van der Waals surface area contributed by atoms with Gasteiger partial charge in [0.1, 0.15) is 6.20 Å². The second-order valence-electron chi connectivity index (χ2n) is 3.77. The van der Waals surface area contributed by atoms with Crippen molar-refractivity contribution in [3.05, 3.63) is 16.3 Å². The number of nitrogens with zero attached hydrogens (tertiary/aromatic N) is 3. The topological polar surface area (TPSA) is 93.0 Å². The molecule has 0 aliphatic carbocycles. The lowest BCUT2D eigenvalue weighted by molar-refractivity contribution is -0.384. The number of hydrogen-bond acceptors (Lipinski definition) is 6. The molecule has 1 rings (SSSR count). The standard InChI is InChI=1S/C10H17N5O2/c1-4-5-7(2)13-9-8(15(16)17)6-12-10(11-3)14-9/h6-7H,4-5H2,1-3H3,(H2,11,12,13,14). The Labute approximate surface area is 99.8 Å². The molecule has 0 radical (unpaired) electrons. The number of nitrogens with one attached hydrogen (secondary N) is 2. The van der Waals surface area contributed by atoms with Gasteiger partial charge in [-0.05, 0) is 13.3 Å². The molecule has 1 aromatic rings. The molecule has 7 nitrogen and oxygen atoms in total. The maximum Gasteiger partial charge on any atom is 0.329 e. The van der Waals surface area contributed by atoms with Crippen LogP contribution in [0.15, 0.2) is 6.20 Å². The van der Waals surface area contributed by atoms with E-state index in [4.69, 9.17) is 0 Å². The molecule has 0 aliphatic rings. The molecular formula is C10H17N5O2. The Balaban J connectivity index is 2.96. The van der Waals surface area contributed by atoms with Gasteiger partial charge in [0.25, 0.3) is 0 Å². The molecule has 0 saturated heterocycles. The van der Waals surface area contributed by atoms with Crippen molar-refractivity contribution in [2.45, 2.75) is 32.7 Å². The van der Waals surface area contributed by atoms with Crippen LogP contribution in [0.2, 0.25) is 0 Å². The van der Waals surface area contributed by atoms with Gasteiger partial charge in [-0.2, -0.15) is 4.98 Å². The molecule has 0 aliphatic heterocycles. The molecule has 0 saturated carbocycles. The highest BCUT2D eigenvalue weighted by molar-refractivity contribution is 5.57. The molecule has 0 fully saturated rings. The minimum absolute atomic E-state index is 0.105. The number of anilines is 2. The van der Waals surface area contributed by atoms with E-state index in [1.807, 2.05) is 6.92 Å². The van der Waals surface area contributed by atoms with Gasteiger partial charge in [0.15, 0.2) is 0 Å². The molecule has 0 amide bonds. The fourth-order valence-electron chi connectivity index (χ4n) is 1.47. The molecule has 17 heavy (non-hydrogen) atoms. The van der Waals surface area contributed by atoms with E-state index in [2.05, 4.69) is 27.5 Å². The van der Waals surface area contributed by atoms with Crippen molar-refractivity contribution in [3.8, 4) is 0 Å². The quantitative estimate of drug-likeness (QED) is 0.582. The van der Waals surface area contributed by atoms with Gasteiger partial charge in [-0.3, -0.25) is 10.1 Å². The summed E-state index contributed by atoms with van der Waals surface area (Å²) in [6, 6.07) is 0.137. The highest BCUT2D eigenvalue weighted by Crippen LogP contribution is 2.23. The Morgan fingerprint density at radius 1 is 1.59 bits per heavy atom. The van der Waals surface area contributed by atoms with Crippen molar-refractivity contribution < 1.29 is 4.92 Å². The minimum atomic E-state index is -0.486. The van der Waals surface area contributed by atoms with Crippen molar-refractivity contribution in [1.29, 1.82) is 0 Å². The predicted octanol–water partition coefficient (Wildman–Crippen LogP) is 2.03. The second kappa shape index (κ2) is 5.97. The highest BCUT2D eigenvalue weighted by Gasteiger charge is 2.18. The molecule has 2 N–H and O–H groups in total. The monoisotopic (exact) mass is 239 g/mol. The Morgan fingerprint density at radius 3 is 2.82 bits per heavy atom. The van der Waals surface area contributed by atoms with Crippen molar-refractivity contribution >= 4 is 17.5 Å². The van der Waals surface area contributed by atoms with Crippen LogP contribution in [0.5, 0.6) is 0 Å². The average molecular weight is 239 g/mol. The lowest BCUT2D eigenvalue weighted by Gasteiger charge is -2.13. The molecule has 0 aromatic carbocycles. The molecule has 1 heterocycles. The molecule has 0 bridgehead atoms. The van der Waals surface area contributed by atoms with Gasteiger partial charge in [-0.1, -0.05) is 13.3 Å². The first-order chi connectivity index (χ1) is 8.08. The Morgan fingerprint density at radius 2 is 2.29 bits per heavy atom. The maximum atomic E-state index is 10.8. The van der Waals surface area contributed by atoms with Crippen LogP contribution in [0, 0.1) is 10.1 Å². The fraction of sp³-hybridized carbons (Fsp3) is 0.600. The zero-order valence-corrected chi connectivity index (χ0v) is 10.2. The smallest absolute Gasteiger partial charge is 0.329 e. The lowest BCUT2D eigenvalue weighted by atomic mass is 10.2. The molecule has 1 atom stereocenters. The summed E-state index contributed by atoms with van der Waals surface area (Å²) in [5.74, 6) is 0.622. The van der Waals surface area contributed by atoms with E-state index in [0.29, 0.717) is 5.95 Å². The van der Waals surface area contributed by atoms with E-state index >= 15 is 0 Å². The van der Waals surface area contributed by atoms with Crippen molar-refractivity contribution in [1.82, 2.24) is 9.97 Å². The predicted molar refractivity (Wildman–Crippen MR) is 66.2 cm³/mol. The second-order valence-corrected chi connectivity index (χ2v) is 3.77. The van der Waals surface area contributed by atoms with E-state index < -0.39 is 4.92 Å². The molecule has 1 unspecified atom stereocenters. The van der Waals surface area contributed by atoms with E-state index in [1.165, 1.54) is 6.20 Å². The summed E-state index contributed by atoms with van der Waals surface area (Å²) >= 11 is 0. The van der Waals surface area contributed by atoms with Gasteiger partial charge in [0.05, 0.1) is 4.92 Å². The third-order valence-corrected chi connectivity index (χ3v) is 2.29. The maximum absolute atomic E-state index is 10.8. The zero-order chi connectivity index (χ0) is 12.8. The minimum Gasteiger partial charge on any atom is -0.362 e. The summed E-state index contributed by atoms with van der Waals surface area (Å²) in [7, 11) is 1.67. The third kappa shape index (κ3) is 3.54. The highest BCUT2D eigenvalue weighted by atomic mass is 16.6. The van der Waals surface area contributed by atoms with Gasteiger partial charge in [0.2, 0.25) is 11.8 Å². The summed E-state index contributed by atoms with van der Waals surface area (Å²) < 4.78 is 0. The van der Waals surface area contributed by atoms with E-state index in [0.717, 1.165) is 12.8 Å². The fourth-order valence-corrected chi connectivity index (χ4v) is 1.47. The normalized spacial score (nSPS) is 11.9. The zero-order valence-electron chi connectivity index (χ0n) is 10.2. The average Bonchev–Trinajstić information content (AvgIpc) is 2.28. The van der Waals surface area contributed by atoms with E-state index in [9.17, 15) is 10.1 Å². The van der Waals surface area contributed by atoms with Crippen LogP contribution in [-0.4, -0.2) is 28.0 Å². The third-order valence-electron chi connectivity index (χ3n) is 2.29. The molecule has 94 valence electrons. The lowest BCUT2D eigenvalue weighted by Crippen LogP contribution is -2.17. The van der Waals surface area contributed by atoms with Crippen molar-refractivity contribution in [2.75, 3.05) is 17.7 Å². The molecule has 1 aromatic heterocycles. The van der Waals surface area contributed by atoms with Crippen LogP contribution in [-0.2, 0) is 0 Å². The number of nitro groups is 1. The van der Waals surface area contributed by atoms with Crippen LogP contribution < -0.4 is 10.6 Å². The summed E-state index contributed by atoms with van der Waals surface area (Å²) in [6.45, 7) is 4.03. The van der Waals surface area contributed by atoms with Crippen LogP contribution in [0.25, 0.3) is 0 Å². The summed E-state index contributed by atoms with van der Waals surface area (Å²) in [4.78, 5) is 18.2. The number of hydrogen-bond donors (Lipinski definition) is 2. The Bertz CT molecular complexity index is 396. The van der Waals surface area contributed by atoms with Gasteiger partial charge in [-0.25, -0.2) is 4.98 Å². The summed E-state index contributed by atoms with van der Waals surface area (Å²) in [5, 5.41) is 16.6. The SMILES string of the molecule is CCCC(C)Nc1nc(NC)ncc1[N+](=O)[O-]. The van der Waals surface area contributed by atoms with Gasteiger partial charge >= 0.3 is 5.69 Å². The van der Waals surface area contributed by atoms with Crippen molar-refractivity contribution in [2.24, 2.45) is 0 Å². The van der Waals surface area contributed by atoms with Crippen LogP contribution in [0.4, 0.5) is 17.5 Å². The largest absolute Gasteiger partial charge is 0.362 e. The van der Waals surface area contributed by atoms with Crippen molar-refractivity contribution in [3.63, 3.8) is 0 Å². The van der Waals surface area contributed by atoms with E-state index in [1.54, 1.807) is 7.05 Å². The number of aromatic nitrogens is 2. The van der Waals surface area contributed by atoms with Gasteiger partial charge in [-0.15, -0.1) is 0 Å². The molecular weight excluding hydrogens is 222 g/mol. The Hall–Kier alpha value is -1.92. The molecule has 7 heteroatoms. The van der Waals surface area contributed by atoms with Crippen LogP contribution in [0.3, 0.4) is 0 Å². The first-order valence-corrected chi connectivity index (χ1v) is 5.54. The van der Waals surface area contributed by atoms with Crippen LogP contribution in [0.1, 0.15) is 26.7 Å². The van der Waals surface area contributed by atoms with Gasteiger partial charge < -0.3 is 10.6 Å². The van der Waals surface area contributed by atoms with Gasteiger partial charge in [0, 0.05) is 13.1 Å². The summed E-state index contributed by atoms with van der Waals surface area (Å²) in [6.07, 6.45) is 3.14. The first-order valence-electron chi connectivity index (χ1n) is 5.54. The molecule has 0 spiro atoms. The first kappa shape index (κ1) is 13.1. The van der Waals surface area contributed by atoms with E-state index in [-0.39, 0.29) is 17.5 Å².